The molecule has 0 radical (unpaired) electrons. The van der Waals surface area contributed by atoms with E-state index in [1.807, 2.05) is 0 Å². The first-order valence-corrected chi connectivity index (χ1v) is 4.76. The van der Waals surface area contributed by atoms with Crippen molar-refractivity contribution in [2.75, 3.05) is 18.5 Å². The Morgan fingerprint density at radius 1 is 1.47 bits per heavy atom. The molecule has 4 heteroatoms. The standard InChI is InChI=1S/C11H14FNO2/c1-3-15-7-11(14)13-10-5-8(2)4-9(12)6-10/h4-6H,3,7H2,1-2H3,(H,13,14). The third-order valence-electron chi connectivity index (χ3n) is 1.76. The van der Waals surface area contributed by atoms with Crippen LogP contribution in [0.4, 0.5) is 10.1 Å². The van der Waals surface area contributed by atoms with Crippen LogP contribution in [0.3, 0.4) is 0 Å². The summed E-state index contributed by atoms with van der Waals surface area (Å²) in [5, 5.41) is 2.55. The number of hydrogen-bond acceptors (Lipinski definition) is 2. The summed E-state index contributed by atoms with van der Waals surface area (Å²) < 4.78 is 17.9. The summed E-state index contributed by atoms with van der Waals surface area (Å²) in [7, 11) is 0. The molecule has 0 fully saturated rings. The van der Waals surface area contributed by atoms with Gasteiger partial charge in [0.25, 0.3) is 0 Å². The Balaban J connectivity index is 2.60. The second-order valence-corrected chi connectivity index (χ2v) is 3.20. The van der Waals surface area contributed by atoms with E-state index in [1.54, 1.807) is 19.9 Å². The van der Waals surface area contributed by atoms with Gasteiger partial charge in [-0.15, -0.1) is 0 Å². The van der Waals surface area contributed by atoms with Crippen molar-refractivity contribution in [3.63, 3.8) is 0 Å². The normalized spacial score (nSPS) is 10.1. The average Bonchev–Trinajstić information content (AvgIpc) is 2.13. The van der Waals surface area contributed by atoms with Crippen LogP contribution in [0.25, 0.3) is 0 Å². The fourth-order valence-electron chi connectivity index (χ4n) is 1.20. The van der Waals surface area contributed by atoms with Gasteiger partial charge in [0.05, 0.1) is 0 Å². The highest BCUT2D eigenvalue weighted by atomic mass is 19.1. The highest BCUT2D eigenvalue weighted by molar-refractivity contribution is 5.91. The summed E-state index contributed by atoms with van der Waals surface area (Å²) in [5.41, 5.74) is 1.22. The van der Waals surface area contributed by atoms with Crippen LogP contribution in [0, 0.1) is 12.7 Å². The Kier molecular flexibility index (Phi) is 4.24. The van der Waals surface area contributed by atoms with Crippen molar-refractivity contribution in [1.29, 1.82) is 0 Å². The Morgan fingerprint density at radius 3 is 2.80 bits per heavy atom. The molecular weight excluding hydrogens is 197 g/mol. The molecule has 0 atom stereocenters. The average molecular weight is 211 g/mol. The van der Waals surface area contributed by atoms with Crippen LogP contribution in [0.15, 0.2) is 18.2 Å². The van der Waals surface area contributed by atoms with Crippen molar-refractivity contribution in [3.05, 3.63) is 29.6 Å². The largest absolute Gasteiger partial charge is 0.372 e. The van der Waals surface area contributed by atoms with Gasteiger partial charge in [-0.25, -0.2) is 4.39 Å². The van der Waals surface area contributed by atoms with Crippen LogP contribution in [0.5, 0.6) is 0 Å². The topological polar surface area (TPSA) is 38.3 Å². The molecule has 1 rings (SSSR count). The zero-order chi connectivity index (χ0) is 11.3. The minimum Gasteiger partial charge on any atom is -0.372 e. The SMILES string of the molecule is CCOCC(=O)Nc1cc(C)cc(F)c1. The lowest BCUT2D eigenvalue weighted by molar-refractivity contribution is -0.120. The van der Waals surface area contributed by atoms with Gasteiger partial charge in [0.15, 0.2) is 0 Å². The number of rotatable bonds is 4. The number of anilines is 1. The Labute approximate surface area is 88.2 Å². The van der Waals surface area contributed by atoms with Crippen LogP contribution in [0.2, 0.25) is 0 Å². The molecule has 1 aromatic carbocycles. The lowest BCUT2D eigenvalue weighted by Gasteiger charge is -2.06. The number of halogens is 1. The summed E-state index contributed by atoms with van der Waals surface area (Å²) in [6.07, 6.45) is 0. The maximum Gasteiger partial charge on any atom is 0.250 e. The summed E-state index contributed by atoms with van der Waals surface area (Å²) in [6.45, 7) is 4.04. The number of amides is 1. The van der Waals surface area contributed by atoms with E-state index in [9.17, 15) is 9.18 Å². The molecule has 15 heavy (non-hydrogen) atoms. The number of aryl methyl sites for hydroxylation is 1. The Hall–Kier alpha value is -1.42. The fraction of sp³-hybridized carbons (Fsp3) is 0.364. The predicted molar refractivity (Wildman–Crippen MR) is 56.3 cm³/mol. The van der Waals surface area contributed by atoms with Gasteiger partial charge < -0.3 is 10.1 Å². The minimum atomic E-state index is -0.360. The molecule has 3 nitrogen and oxygen atoms in total. The molecular formula is C11H14FNO2. The molecule has 0 saturated carbocycles. The predicted octanol–water partition coefficient (Wildman–Crippen LogP) is 2.11. The number of carbonyl (C=O) groups is 1. The van der Waals surface area contributed by atoms with Crippen LogP contribution in [0.1, 0.15) is 12.5 Å². The van der Waals surface area contributed by atoms with Crippen molar-refractivity contribution >= 4 is 11.6 Å². The maximum atomic E-state index is 12.9. The number of carbonyl (C=O) groups excluding carboxylic acids is 1. The molecule has 0 bridgehead atoms. The lowest BCUT2D eigenvalue weighted by Crippen LogP contribution is -2.18. The Morgan fingerprint density at radius 2 is 2.20 bits per heavy atom. The molecule has 1 aromatic rings. The first-order valence-electron chi connectivity index (χ1n) is 4.76. The zero-order valence-corrected chi connectivity index (χ0v) is 8.84. The second kappa shape index (κ2) is 5.46. The van der Waals surface area contributed by atoms with Crippen molar-refractivity contribution in [1.82, 2.24) is 0 Å². The summed E-state index contributed by atoms with van der Waals surface area (Å²) in [4.78, 5) is 11.2. The van der Waals surface area contributed by atoms with Crippen LogP contribution in [-0.2, 0) is 9.53 Å². The molecule has 1 amide bonds. The minimum absolute atomic E-state index is 0.00788. The van der Waals surface area contributed by atoms with Gasteiger partial charge in [-0.2, -0.15) is 0 Å². The molecule has 0 heterocycles. The van der Waals surface area contributed by atoms with Gasteiger partial charge in [0.2, 0.25) is 5.91 Å². The molecule has 0 aliphatic heterocycles. The van der Waals surface area contributed by atoms with Gasteiger partial charge in [0.1, 0.15) is 12.4 Å². The molecule has 0 unspecified atom stereocenters. The van der Waals surface area contributed by atoms with Crippen LogP contribution < -0.4 is 5.32 Å². The number of benzene rings is 1. The van der Waals surface area contributed by atoms with Crippen molar-refractivity contribution in [2.45, 2.75) is 13.8 Å². The van der Waals surface area contributed by atoms with Crippen molar-refractivity contribution in [2.24, 2.45) is 0 Å². The summed E-state index contributed by atoms with van der Waals surface area (Å²) >= 11 is 0. The van der Waals surface area contributed by atoms with E-state index in [2.05, 4.69) is 5.32 Å². The van der Waals surface area contributed by atoms with E-state index < -0.39 is 0 Å². The molecule has 0 aliphatic rings. The molecule has 0 aromatic heterocycles. The monoisotopic (exact) mass is 211 g/mol. The highest BCUT2D eigenvalue weighted by Crippen LogP contribution is 2.12. The van der Waals surface area contributed by atoms with Gasteiger partial charge >= 0.3 is 0 Å². The van der Waals surface area contributed by atoms with Crippen molar-refractivity contribution in [3.8, 4) is 0 Å². The quantitative estimate of drug-likeness (QED) is 0.828. The van der Waals surface area contributed by atoms with Gasteiger partial charge in [-0.1, -0.05) is 0 Å². The Bertz CT molecular complexity index is 332. The molecule has 0 saturated heterocycles. The van der Waals surface area contributed by atoms with Crippen molar-refractivity contribution < 1.29 is 13.9 Å². The number of ether oxygens (including phenoxy) is 1. The summed E-state index contributed by atoms with van der Waals surface area (Å²) in [6, 6.07) is 4.38. The van der Waals surface area contributed by atoms with E-state index in [0.717, 1.165) is 5.56 Å². The maximum absolute atomic E-state index is 12.9. The second-order valence-electron chi connectivity index (χ2n) is 3.20. The lowest BCUT2D eigenvalue weighted by atomic mass is 10.2. The van der Waals surface area contributed by atoms with E-state index in [4.69, 9.17) is 4.74 Å². The van der Waals surface area contributed by atoms with Gasteiger partial charge in [0, 0.05) is 12.3 Å². The first kappa shape index (κ1) is 11.7. The third kappa shape index (κ3) is 4.08. The third-order valence-corrected chi connectivity index (χ3v) is 1.76. The van der Waals surface area contributed by atoms with Crippen LogP contribution in [-0.4, -0.2) is 19.1 Å². The smallest absolute Gasteiger partial charge is 0.250 e. The molecule has 1 N–H and O–H groups in total. The van der Waals surface area contributed by atoms with E-state index in [-0.39, 0.29) is 18.3 Å². The first-order chi connectivity index (χ1) is 7.11. The fourth-order valence-corrected chi connectivity index (χ4v) is 1.20. The molecule has 82 valence electrons. The summed E-state index contributed by atoms with van der Waals surface area (Å²) in [5.74, 6) is -0.636. The molecule has 0 aliphatic carbocycles. The van der Waals surface area contributed by atoms with Gasteiger partial charge in [-0.05, 0) is 37.6 Å². The van der Waals surface area contributed by atoms with E-state index in [0.29, 0.717) is 12.3 Å². The van der Waals surface area contributed by atoms with E-state index >= 15 is 0 Å². The van der Waals surface area contributed by atoms with E-state index in [1.165, 1.54) is 12.1 Å². The molecule has 0 spiro atoms. The number of hydrogen-bond donors (Lipinski definition) is 1. The van der Waals surface area contributed by atoms with Gasteiger partial charge in [-0.3, -0.25) is 4.79 Å². The zero-order valence-electron chi connectivity index (χ0n) is 8.84. The highest BCUT2D eigenvalue weighted by Gasteiger charge is 2.03. The van der Waals surface area contributed by atoms with Crippen LogP contribution >= 0.6 is 0 Å². The number of nitrogens with one attached hydrogen (secondary N) is 1.